The zero-order valence-corrected chi connectivity index (χ0v) is 11.9. The molecule has 0 aliphatic rings. The van der Waals surface area contributed by atoms with Gasteiger partial charge in [-0.1, -0.05) is 12.1 Å². The van der Waals surface area contributed by atoms with Crippen molar-refractivity contribution in [2.45, 2.75) is 25.1 Å². The van der Waals surface area contributed by atoms with E-state index in [1.54, 1.807) is 12.1 Å². The maximum atomic E-state index is 11.9. The highest BCUT2D eigenvalue weighted by atomic mass is 32.2. The molecule has 1 aromatic rings. The van der Waals surface area contributed by atoms with Gasteiger partial charge in [0.25, 0.3) is 0 Å². The van der Waals surface area contributed by atoms with Crippen LogP contribution in [0, 0.1) is 0 Å². The van der Waals surface area contributed by atoms with Gasteiger partial charge in [0.1, 0.15) is 0 Å². The summed E-state index contributed by atoms with van der Waals surface area (Å²) in [6.45, 7) is -0.307. The van der Waals surface area contributed by atoms with E-state index >= 15 is 0 Å². The van der Waals surface area contributed by atoms with Gasteiger partial charge < -0.3 is 10.8 Å². The van der Waals surface area contributed by atoms with Crippen molar-refractivity contribution in [3.8, 4) is 0 Å². The Kier molecular flexibility index (Phi) is 5.99. The second kappa shape index (κ2) is 7.10. The molecule has 0 saturated carbocycles. The van der Waals surface area contributed by atoms with Crippen molar-refractivity contribution in [2.75, 3.05) is 18.0 Å². The molecule has 0 heterocycles. The maximum absolute atomic E-state index is 11.9. The van der Waals surface area contributed by atoms with Gasteiger partial charge in [-0.15, -0.1) is 0 Å². The fourth-order valence-electron chi connectivity index (χ4n) is 1.58. The smallest absolute Gasteiger partial charge is 0.389 e. The average molecular weight is 326 g/mol. The second-order valence-electron chi connectivity index (χ2n) is 4.57. The lowest BCUT2D eigenvalue weighted by molar-refractivity contribution is -0.134. The van der Waals surface area contributed by atoms with Crippen LogP contribution in [0.15, 0.2) is 24.3 Å². The number of aliphatic hydroxyl groups is 1. The van der Waals surface area contributed by atoms with Crippen molar-refractivity contribution >= 4 is 15.7 Å². The Bertz CT molecular complexity index is 544. The molecule has 21 heavy (non-hydrogen) atoms. The lowest BCUT2D eigenvalue weighted by Crippen LogP contribution is -2.31. The van der Waals surface area contributed by atoms with Crippen molar-refractivity contribution in [3.05, 3.63) is 29.8 Å². The molecule has 1 unspecified atom stereocenters. The van der Waals surface area contributed by atoms with E-state index in [0.717, 1.165) is 0 Å². The molecule has 0 amide bonds. The van der Waals surface area contributed by atoms with Gasteiger partial charge in [-0.25, -0.2) is 13.1 Å². The Hall–Kier alpha value is -1.32. The summed E-state index contributed by atoms with van der Waals surface area (Å²) in [7, 11) is -3.85. The van der Waals surface area contributed by atoms with Crippen molar-refractivity contribution in [1.82, 2.24) is 4.72 Å². The number of halogens is 3. The highest BCUT2D eigenvalue weighted by Crippen LogP contribution is 2.21. The molecule has 1 rings (SSSR count). The fraction of sp³-hybridized carbons (Fsp3) is 0.500. The molecule has 5 nitrogen and oxygen atoms in total. The molecule has 9 heteroatoms. The molecule has 0 fully saturated rings. The lowest BCUT2D eigenvalue weighted by Gasteiger charge is -2.13. The zero-order chi connectivity index (χ0) is 16.1. The minimum Gasteiger partial charge on any atom is -0.399 e. The van der Waals surface area contributed by atoms with Crippen LogP contribution in [0.4, 0.5) is 18.9 Å². The van der Waals surface area contributed by atoms with Gasteiger partial charge in [-0.05, 0) is 24.1 Å². The number of nitrogens with two attached hydrogens (primary N) is 1. The number of nitrogens with one attached hydrogen (secondary N) is 1. The minimum atomic E-state index is -4.38. The predicted molar refractivity (Wildman–Crippen MR) is 72.9 cm³/mol. The molecule has 1 aromatic carbocycles. The normalized spacial score (nSPS) is 14.1. The van der Waals surface area contributed by atoms with E-state index in [-0.39, 0.29) is 6.54 Å². The second-order valence-corrected chi connectivity index (χ2v) is 6.49. The van der Waals surface area contributed by atoms with E-state index in [4.69, 9.17) is 5.73 Å². The third-order valence-corrected chi connectivity index (χ3v) is 4.12. The SMILES string of the molecule is Nc1ccc(C(O)CNS(=O)(=O)CCCC(F)(F)F)cc1. The number of rotatable bonds is 7. The topological polar surface area (TPSA) is 92.4 Å². The molecule has 4 N–H and O–H groups in total. The van der Waals surface area contributed by atoms with Crippen LogP contribution in [-0.4, -0.2) is 32.0 Å². The Balaban J connectivity index is 2.44. The van der Waals surface area contributed by atoms with Crippen LogP contribution < -0.4 is 10.5 Å². The number of aliphatic hydroxyl groups excluding tert-OH is 1. The first-order chi connectivity index (χ1) is 9.59. The number of nitrogen functional groups attached to an aromatic ring is 1. The third-order valence-electron chi connectivity index (χ3n) is 2.69. The standard InChI is InChI=1S/C12H17F3N2O3S/c13-12(14,15)6-1-7-21(19,20)17-8-11(18)9-2-4-10(16)5-3-9/h2-5,11,17-18H,1,6-8,16H2. The van der Waals surface area contributed by atoms with Gasteiger partial charge >= 0.3 is 6.18 Å². The number of benzene rings is 1. The van der Waals surface area contributed by atoms with Crippen LogP contribution in [0.3, 0.4) is 0 Å². The molecule has 1 atom stereocenters. The Morgan fingerprint density at radius 3 is 2.33 bits per heavy atom. The zero-order valence-electron chi connectivity index (χ0n) is 11.1. The van der Waals surface area contributed by atoms with E-state index in [9.17, 15) is 26.7 Å². The lowest BCUT2D eigenvalue weighted by atomic mass is 10.1. The van der Waals surface area contributed by atoms with E-state index in [0.29, 0.717) is 11.3 Å². The fourth-order valence-corrected chi connectivity index (χ4v) is 2.66. The summed E-state index contributed by atoms with van der Waals surface area (Å²) in [6.07, 6.45) is -7.15. The van der Waals surface area contributed by atoms with Crippen molar-refractivity contribution in [1.29, 1.82) is 0 Å². The van der Waals surface area contributed by atoms with Gasteiger partial charge in [-0.2, -0.15) is 13.2 Å². The molecule has 0 aliphatic heterocycles. The van der Waals surface area contributed by atoms with Crippen molar-refractivity contribution in [3.63, 3.8) is 0 Å². The summed E-state index contributed by atoms with van der Waals surface area (Å²) < 4.78 is 60.9. The van der Waals surface area contributed by atoms with Crippen LogP contribution in [0.25, 0.3) is 0 Å². The van der Waals surface area contributed by atoms with Crippen LogP contribution in [-0.2, 0) is 10.0 Å². The first-order valence-electron chi connectivity index (χ1n) is 6.17. The summed E-state index contributed by atoms with van der Waals surface area (Å²) in [4.78, 5) is 0. The highest BCUT2D eigenvalue weighted by Gasteiger charge is 2.27. The van der Waals surface area contributed by atoms with Crippen LogP contribution in [0.1, 0.15) is 24.5 Å². The first kappa shape index (κ1) is 17.7. The van der Waals surface area contributed by atoms with Crippen LogP contribution in [0.2, 0.25) is 0 Å². The van der Waals surface area contributed by atoms with Crippen molar-refractivity contribution < 1.29 is 26.7 Å². The average Bonchev–Trinajstić information content (AvgIpc) is 2.35. The quantitative estimate of drug-likeness (QED) is 0.663. The molecule has 0 spiro atoms. The summed E-state index contributed by atoms with van der Waals surface area (Å²) >= 11 is 0. The summed E-state index contributed by atoms with van der Waals surface area (Å²) in [5.41, 5.74) is 6.43. The number of alkyl halides is 3. The maximum Gasteiger partial charge on any atom is 0.389 e. The number of anilines is 1. The Morgan fingerprint density at radius 2 is 1.81 bits per heavy atom. The monoisotopic (exact) mass is 326 g/mol. The van der Waals surface area contributed by atoms with Crippen LogP contribution >= 0.6 is 0 Å². The molecule has 0 saturated heterocycles. The highest BCUT2D eigenvalue weighted by molar-refractivity contribution is 7.89. The number of sulfonamides is 1. The minimum absolute atomic E-state index is 0.307. The Labute approximate surface area is 121 Å². The van der Waals surface area contributed by atoms with Gasteiger partial charge in [0.05, 0.1) is 11.9 Å². The molecule has 120 valence electrons. The molecule has 0 radical (unpaired) electrons. The summed E-state index contributed by atoms with van der Waals surface area (Å²) in [5, 5.41) is 9.78. The van der Waals surface area contributed by atoms with Crippen LogP contribution in [0.5, 0.6) is 0 Å². The molecular weight excluding hydrogens is 309 g/mol. The number of hydrogen-bond donors (Lipinski definition) is 3. The van der Waals surface area contributed by atoms with E-state index in [1.165, 1.54) is 12.1 Å². The Morgan fingerprint density at radius 1 is 1.24 bits per heavy atom. The van der Waals surface area contributed by atoms with E-state index < -0.39 is 40.9 Å². The van der Waals surface area contributed by atoms with Gasteiger partial charge in [0.2, 0.25) is 10.0 Å². The summed E-state index contributed by atoms with van der Waals surface area (Å²) in [5.74, 6) is -0.638. The third kappa shape index (κ3) is 7.30. The molecule has 0 aromatic heterocycles. The summed E-state index contributed by atoms with van der Waals surface area (Å²) in [6, 6.07) is 6.18. The van der Waals surface area contributed by atoms with E-state index in [2.05, 4.69) is 4.72 Å². The predicted octanol–water partition coefficient (Wildman–Crippen LogP) is 1.56. The molecular formula is C12H17F3N2O3S. The van der Waals surface area contributed by atoms with E-state index in [1.807, 2.05) is 0 Å². The van der Waals surface area contributed by atoms with Gasteiger partial charge in [-0.3, -0.25) is 0 Å². The van der Waals surface area contributed by atoms with Crippen molar-refractivity contribution in [2.24, 2.45) is 0 Å². The van der Waals surface area contributed by atoms with Gasteiger partial charge in [0, 0.05) is 18.7 Å². The number of hydrogen-bond acceptors (Lipinski definition) is 4. The molecule has 0 bridgehead atoms. The first-order valence-corrected chi connectivity index (χ1v) is 7.82. The largest absolute Gasteiger partial charge is 0.399 e. The molecule has 0 aliphatic carbocycles. The van der Waals surface area contributed by atoms with Gasteiger partial charge in [0.15, 0.2) is 0 Å².